The molecule has 110 valence electrons. The molecule has 1 unspecified atom stereocenters. The Bertz CT molecular complexity index is 456. The Hall–Kier alpha value is -1.58. The quantitative estimate of drug-likeness (QED) is 0.833. The number of hydrogen-bond acceptors (Lipinski definition) is 3. The van der Waals surface area contributed by atoms with E-state index in [4.69, 9.17) is 4.74 Å². The second-order valence-electron chi connectivity index (χ2n) is 6.05. The van der Waals surface area contributed by atoms with Crippen molar-refractivity contribution < 1.29 is 9.53 Å². The lowest BCUT2D eigenvalue weighted by Crippen LogP contribution is -2.24. The van der Waals surface area contributed by atoms with Crippen molar-refractivity contribution in [1.29, 1.82) is 0 Å². The maximum atomic E-state index is 11.6. The highest BCUT2D eigenvalue weighted by Gasteiger charge is 2.29. The van der Waals surface area contributed by atoms with Gasteiger partial charge in [-0.15, -0.1) is 0 Å². The van der Waals surface area contributed by atoms with Gasteiger partial charge in [0.2, 0.25) is 11.8 Å². The number of aromatic nitrogens is 1. The van der Waals surface area contributed by atoms with Crippen LogP contribution in [-0.4, -0.2) is 17.0 Å². The molecule has 2 rings (SSSR count). The highest BCUT2D eigenvalue weighted by molar-refractivity contribution is 5.80. The van der Waals surface area contributed by atoms with Crippen molar-refractivity contribution in [2.24, 2.45) is 11.8 Å². The van der Waals surface area contributed by atoms with Crippen LogP contribution >= 0.6 is 0 Å². The maximum Gasteiger partial charge on any atom is 0.223 e. The van der Waals surface area contributed by atoms with E-state index in [1.165, 1.54) is 0 Å². The van der Waals surface area contributed by atoms with Crippen molar-refractivity contribution in [3.63, 3.8) is 0 Å². The Balaban J connectivity index is 1.84. The van der Waals surface area contributed by atoms with E-state index >= 15 is 0 Å². The van der Waals surface area contributed by atoms with E-state index in [0.717, 1.165) is 24.8 Å². The number of rotatable bonds is 7. The zero-order valence-corrected chi connectivity index (χ0v) is 12.6. The average Bonchev–Trinajstić information content (AvgIpc) is 3.19. The van der Waals surface area contributed by atoms with Gasteiger partial charge in [-0.3, -0.25) is 4.79 Å². The van der Waals surface area contributed by atoms with Gasteiger partial charge in [-0.05, 0) is 43.7 Å². The lowest BCUT2D eigenvalue weighted by atomic mass is 10.1. The Morgan fingerprint density at radius 1 is 1.45 bits per heavy atom. The normalized spacial score (nSPS) is 16.0. The Kier molecular flexibility index (Phi) is 4.99. The number of ether oxygens (including phenoxy) is 1. The van der Waals surface area contributed by atoms with Crippen LogP contribution in [0, 0.1) is 11.8 Å². The minimum atomic E-state index is 0.152. The van der Waals surface area contributed by atoms with E-state index in [-0.39, 0.29) is 17.9 Å². The standard InChI is InChI=1S/C16H24N2O2/c1-11(2)8-12(3)20-15-9-13(6-7-17-15)10-18-16(19)14-4-5-14/h6-7,9,11-12,14H,4-5,8,10H2,1-3H3,(H,18,19). The average molecular weight is 276 g/mol. The Morgan fingerprint density at radius 2 is 2.20 bits per heavy atom. The van der Waals surface area contributed by atoms with Crippen LogP contribution < -0.4 is 10.1 Å². The Morgan fingerprint density at radius 3 is 2.85 bits per heavy atom. The van der Waals surface area contributed by atoms with Crippen molar-refractivity contribution >= 4 is 5.91 Å². The molecule has 1 N–H and O–H groups in total. The first kappa shape index (κ1) is 14.8. The van der Waals surface area contributed by atoms with E-state index < -0.39 is 0 Å². The molecule has 0 spiro atoms. The van der Waals surface area contributed by atoms with E-state index in [0.29, 0.717) is 18.3 Å². The third-order valence-electron chi connectivity index (χ3n) is 3.34. The molecule has 0 aromatic carbocycles. The van der Waals surface area contributed by atoms with Crippen LogP contribution in [0.4, 0.5) is 0 Å². The van der Waals surface area contributed by atoms with Gasteiger partial charge in [-0.2, -0.15) is 0 Å². The fourth-order valence-corrected chi connectivity index (χ4v) is 2.22. The first-order valence-corrected chi connectivity index (χ1v) is 7.44. The van der Waals surface area contributed by atoms with Gasteiger partial charge in [0.05, 0.1) is 6.10 Å². The number of carbonyl (C=O) groups is 1. The summed E-state index contributed by atoms with van der Waals surface area (Å²) in [6.45, 7) is 6.96. The second-order valence-corrected chi connectivity index (χ2v) is 6.05. The number of nitrogens with one attached hydrogen (secondary N) is 1. The number of nitrogens with zero attached hydrogens (tertiary/aromatic N) is 1. The molecule has 1 heterocycles. The molecule has 4 heteroatoms. The summed E-state index contributed by atoms with van der Waals surface area (Å²) in [4.78, 5) is 15.8. The van der Waals surface area contributed by atoms with Gasteiger partial charge in [0.15, 0.2) is 0 Å². The molecule has 1 aromatic heterocycles. The van der Waals surface area contributed by atoms with E-state index in [1.807, 2.05) is 12.1 Å². The lowest BCUT2D eigenvalue weighted by molar-refractivity contribution is -0.122. The molecule has 1 aliphatic rings. The fraction of sp³-hybridized carbons (Fsp3) is 0.625. The molecule has 0 aliphatic heterocycles. The SMILES string of the molecule is CC(C)CC(C)Oc1cc(CNC(=O)C2CC2)ccn1. The van der Waals surface area contributed by atoms with Gasteiger partial charge in [0.1, 0.15) is 0 Å². The van der Waals surface area contributed by atoms with E-state index in [1.54, 1.807) is 6.20 Å². The monoisotopic (exact) mass is 276 g/mol. The van der Waals surface area contributed by atoms with Gasteiger partial charge in [-0.25, -0.2) is 4.98 Å². The molecule has 0 radical (unpaired) electrons. The number of carbonyl (C=O) groups excluding carboxylic acids is 1. The zero-order chi connectivity index (χ0) is 14.5. The van der Waals surface area contributed by atoms with Crippen molar-refractivity contribution in [1.82, 2.24) is 10.3 Å². The molecular weight excluding hydrogens is 252 g/mol. The molecule has 1 amide bonds. The summed E-state index contributed by atoms with van der Waals surface area (Å²) in [6.07, 6.45) is 4.95. The summed E-state index contributed by atoms with van der Waals surface area (Å²) < 4.78 is 5.81. The largest absolute Gasteiger partial charge is 0.475 e. The number of hydrogen-bond donors (Lipinski definition) is 1. The molecule has 0 saturated heterocycles. The minimum absolute atomic E-state index is 0.152. The third kappa shape index (κ3) is 4.83. The lowest BCUT2D eigenvalue weighted by Gasteiger charge is -2.16. The first-order chi connectivity index (χ1) is 9.54. The van der Waals surface area contributed by atoms with Crippen LogP contribution in [0.25, 0.3) is 0 Å². The highest BCUT2D eigenvalue weighted by Crippen LogP contribution is 2.28. The highest BCUT2D eigenvalue weighted by atomic mass is 16.5. The van der Waals surface area contributed by atoms with Gasteiger partial charge < -0.3 is 10.1 Å². The second kappa shape index (κ2) is 6.73. The summed E-state index contributed by atoms with van der Waals surface area (Å²) in [7, 11) is 0. The third-order valence-corrected chi connectivity index (χ3v) is 3.34. The predicted octanol–water partition coefficient (Wildman–Crippen LogP) is 2.92. The molecular formula is C16H24N2O2. The molecule has 1 aliphatic carbocycles. The molecule has 1 aromatic rings. The van der Waals surface area contributed by atoms with Gasteiger partial charge >= 0.3 is 0 Å². The van der Waals surface area contributed by atoms with E-state index in [2.05, 4.69) is 31.1 Å². The summed E-state index contributed by atoms with van der Waals surface area (Å²) in [5.41, 5.74) is 1.03. The van der Waals surface area contributed by atoms with Crippen LogP contribution in [0.2, 0.25) is 0 Å². The molecule has 1 fully saturated rings. The zero-order valence-electron chi connectivity index (χ0n) is 12.6. The van der Waals surface area contributed by atoms with Crippen LogP contribution in [0.15, 0.2) is 18.3 Å². The summed E-state index contributed by atoms with van der Waals surface area (Å²) >= 11 is 0. The predicted molar refractivity (Wildman–Crippen MR) is 78.4 cm³/mol. The topological polar surface area (TPSA) is 51.2 Å². The smallest absolute Gasteiger partial charge is 0.223 e. The Labute approximate surface area is 120 Å². The number of amides is 1. The molecule has 1 saturated carbocycles. The first-order valence-electron chi connectivity index (χ1n) is 7.44. The maximum absolute atomic E-state index is 11.6. The molecule has 0 bridgehead atoms. The minimum Gasteiger partial charge on any atom is -0.475 e. The molecule has 4 nitrogen and oxygen atoms in total. The fourth-order valence-electron chi connectivity index (χ4n) is 2.22. The van der Waals surface area contributed by atoms with Gasteiger partial charge in [-0.1, -0.05) is 13.8 Å². The van der Waals surface area contributed by atoms with Crippen molar-refractivity contribution in [2.45, 2.75) is 52.7 Å². The molecule has 20 heavy (non-hydrogen) atoms. The summed E-state index contributed by atoms with van der Waals surface area (Å²) in [6, 6.07) is 3.82. The summed E-state index contributed by atoms with van der Waals surface area (Å²) in [5.74, 6) is 1.65. The van der Waals surface area contributed by atoms with Gasteiger partial charge in [0, 0.05) is 24.7 Å². The van der Waals surface area contributed by atoms with Crippen molar-refractivity contribution in [3.8, 4) is 5.88 Å². The molecule has 1 atom stereocenters. The van der Waals surface area contributed by atoms with Crippen LogP contribution in [0.1, 0.15) is 45.6 Å². The van der Waals surface area contributed by atoms with Crippen LogP contribution in [0.3, 0.4) is 0 Å². The van der Waals surface area contributed by atoms with Crippen molar-refractivity contribution in [2.75, 3.05) is 0 Å². The van der Waals surface area contributed by atoms with Gasteiger partial charge in [0.25, 0.3) is 0 Å². The number of pyridine rings is 1. The van der Waals surface area contributed by atoms with Crippen molar-refractivity contribution in [3.05, 3.63) is 23.9 Å². The van der Waals surface area contributed by atoms with Crippen LogP contribution in [0.5, 0.6) is 5.88 Å². The summed E-state index contributed by atoms with van der Waals surface area (Å²) in [5, 5.41) is 2.95. The van der Waals surface area contributed by atoms with E-state index in [9.17, 15) is 4.79 Å². The van der Waals surface area contributed by atoms with Crippen LogP contribution in [-0.2, 0) is 11.3 Å².